The lowest BCUT2D eigenvalue weighted by atomic mass is 10.2. The maximum absolute atomic E-state index is 10.3. The summed E-state index contributed by atoms with van der Waals surface area (Å²) in [5.74, 6) is -0.236. The fourth-order valence-electron chi connectivity index (χ4n) is 0.805. The van der Waals surface area contributed by atoms with Crippen molar-refractivity contribution in [3.05, 3.63) is 16.6 Å². The van der Waals surface area contributed by atoms with E-state index in [0.717, 1.165) is 18.5 Å². The second-order valence-corrected chi connectivity index (χ2v) is 3.02. The Labute approximate surface area is 69.3 Å². The van der Waals surface area contributed by atoms with Crippen LogP contribution in [0.1, 0.15) is 18.5 Å². The Morgan fingerprint density at radius 2 is 2.55 bits per heavy atom. The molecule has 11 heavy (non-hydrogen) atoms. The number of carbonyl (C=O) groups is 1. The third-order valence-electron chi connectivity index (χ3n) is 1.34. The first kappa shape index (κ1) is 8.20. The lowest BCUT2D eigenvalue weighted by Crippen LogP contribution is -2.10. The van der Waals surface area contributed by atoms with E-state index < -0.39 is 0 Å². The van der Waals surface area contributed by atoms with Crippen molar-refractivity contribution in [2.45, 2.75) is 19.3 Å². The molecule has 0 unspecified atom stereocenters. The molecule has 2 N–H and O–H groups in total. The van der Waals surface area contributed by atoms with E-state index in [4.69, 9.17) is 5.73 Å². The average molecular weight is 170 g/mol. The summed E-state index contributed by atoms with van der Waals surface area (Å²) in [4.78, 5) is 14.4. The van der Waals surface area contributed by atoms with E-state index >= 15 is 0 Å². The van der Waals surface area contributed by atoms with Crippen LogP contribution in [0.15, 0.2) is 10.9 Å². The van der Waals surface area contributed by atoms with E-state index in [1.807, 2.05) is 5.38 Å². The van der Waals surface area contributed by atoms with Crippen LogP contribution in [0, 0.1) is 0 Å². The van der Waals surface area contributed by atoms with Crippen LogP contribution >= 0.6 is 11.3 Å². The maximum atomic E-state index is 10.3. The second-order valence-electron chi connectivity index (χ2n) is 2.30. The standard InChI is InChI=1S/C7H10N2OS/c8-7(10)3-1-2-6-4-11-5-9-6/h4-5H,1-3H2,(H2,8,10). The Morgan fingerprint density at radius 3 is 3.09 bits per heavy atom. The quantitative estimate of drug-likeness (QED) is 0.731. The van der Waals surface area contributed by atoms with Gasteiger partial charge in [-0.25, -0.2) is 4.98 Å². The summed E-state index contributed by atoms with van der Waals surface area (Å²) in [6.45, 7) is 0. The predicted molar refractivity (Wildman–Crippen MR) is 44.2 cm³/mol. The number of hydrogen-bond donors (Lipinski definition) is 1. The largest absolute Gasteiger partial charge is 0.370 e. The number of amides is 1. The average Bonchev–Trinajstić information content (AvgIpc) is 2.39. The van der Waals surface area contributed by atoms with Crippen molar-refractivity contribution in [3.63, 3.8) is 0 Å². The molecule has 1 amide bonds. The summed E-state index contributed by atoms with van der Waals surface area (Å²) in [5, 5.41) is 1.99. The molecule has 0 aliphatic rings. The van der Waals surface area contributed by atoms with E-state index in [1.165, 1.54) is 0 Å². The summed E-state index contributed by atoms with van der Waals surface area (Å²) in [5.41, 5.74) is 7.82. The Kier molecular flexibility index (Phi) is 3.04. The molecule has 3 nitrogen and oxygen atoms in total. The molecule has 0 atom stereocenters. The molecular formula is C7H10N2OS. The molecule has 1 aromatic heterocycles. The zero-order chi connectivity index (χ0) is 8.10. The fraction of sp³-hybridized carbons (Fsp3) is 0.429. The van der Waals surface area contributed by atoms with Crippen LogP contribution < -0.4 is 5.73 Å². The van der Waals surface area contributed by atoms with Crippen molar-refractivity contribution in [1.29, 1.82) is 0 Å². The highest BCUT2D eigenvalue weighted by Gasteiger charge is 1.97. The van der Waals surface area contributed by atoms with Gasteiger partial charge in [0, 0.05) is 11.8 Å². The first-order valence-corrected chi connectivity index (χ1v) is 4.38. The third-order valence-corrected chi connectivity index (χ3v) is 1.97. The number of thiazole rings is 1. The minimum Gasteiger partial charge on any atom is -0.370 e. The van der Waals surface area contributed by atoms with Gasteiger partial charge in [-0.3, -0.25) is 4.79 Å². The van der Waals surface area contributed by atoms with Crippen molar-refractivity contribution in [1.82, 2.24) is 4.98 Å². The molecule has 0 radical (unpaired) electrons. The van der Waals surface area contributed by atoms with Gasteiger partial charge in [0.05, 0.1) is 11.2 Å². The van der Waals surface area contributed by atoms with Gasteiger partial charge in [-0.2, -0.15) is 0 Å². The SMILES string of the molecule is NC(=O)CCCc1cscn1. The first-order valence-electron chi connectivity index (χ1n) is 3.44. The molecule has 0 aliphatic carbocycles. The minimum absolute atomic E-state index is 0.236. The zero-order valence-electron chi connectivity index (χ0n) is 6.12. The van der Waals surface area contributed by atoms with Crippen molar-refractivity contribution in [2.75, 3.05) is 0 Å². The monoisotopic (exact) mass is 170 g/mol. The van der Waals surface area contributed by atoms with Gasteiger partial charge in [0.25, 0.3) is 0 Å². The molecule has 0 bridgehead atoms. The topological polar surface area (TPSA) is 56.0 Å². The van der Waals surface area contributed by atoms with Gasteiger partial charge in [0.15, 0.2) is 0 Å². The van der Waals surface area contributed by atoms with Crippen LogP contribution in [0.3, 0.4) is 0 Å². The van der Waals surface area contributed by atoms with Crippen molar-refractivity contribution in [3.8, 4) is 0 Å². The highest BCUT2D eigenvalue weighted by atomic mass is 32.1. The van der Waals surface area contributed by atoms with Gasteiger partial charge < -0.3 is 5.73 Å². The molecule has 0 aliphatic heterocycles. The van der Waals surface area contributed by atoms with Crippen LogP contribution in [0.5, 0.6) is 0 Å². The molecule has 1 rings (SSSR count). The number of rotatable bonds is 4. The van der Waals surface area contributed by atoms with E-state index in [9.17, 15) is 4.79 Å². The minimum atomic E-state index is -0.236. The number of nitrogens with two attached hydrogens (primary N) is 1. The summed E-state index contributed by atoms with van der Waals surface area (Å²) in [6.07, 6.45) is 2.11. The third kappa shape index (κ3) is 3.13. The Balaban J connectivity index is 2.19. The van der Waals surface area contributed by atoms with Gasteiger partial charge >= 0.3 is 0 Å². The number of primary amides is 1. The lowest BCUT2D eigenvalue weighted by Gasteiger charge is -1.92. The summed E-state index contributed by atoms with van der Waals surface area (Å²) in [6, 6.07) is 0. The van der Waals surface area contributed by atoms with Gasteiger partial charge in [-0.1, -0.05) is 0 Å². The number of nitrogens with zero attached hydrogens (tertiary/aromatic N) is 1. The Hall–Kier alpha value is -0.900. The molecule has 4 heteroatoms. The Bertz CT molecular complexity index is 220. The van der Waals surface area contributed by atoms with E-state index in [2.05, 4.69) is 4.98 Å². The van der Waals surface area contributed by atoms with Gasteiger partial charge in [0.1, 0.15) is 0 Å². The van der Waals surface area contributed by atoms with E-state index in [-0.39, 0.29) is 5.91 Å². The van der Waals surface area contributed by atoms with Crippen LogP contribution in [-0.2, 0) is 11.2 Å². The molecule has 60 valence electrons. The fourth-order valence-corrected chi connectivity index (χ4v) is 1.40. The number of aryl methyl sites for hydroxylation is 1. The highest BCUT2D eigenvalue weighted by Crippen LogP contribution is 2.04. The summed E-state index contributed by atoms with van der Waals surface area (Å²) >= 11 is 1.57. The van der Waals surface area contributed by atoms with Crippen molar-refractivity contribution >= 4 is 17.2 Å². The van der Waals surface area contributed by atoms with Gasteiger partial charge in [-0.05, 0) is 12.8 Å². The Morgan fingerprint density at radius 1 is 1.73 bits per heavy atom. The normalized spacial score (nSPS) is 9.82. The zero-order valence-corrected chi connectivity index (χ0v) is 6.93. The number of hydrogen-bond acceptors (Lipinski definition) is 3. The molecule has 1 aromatic rings. The molecule has 0 saturated carbocycles. The molecule has 0 spiro atoms. The summed E-state index contributed by atoms with van der Waals surface area (Å²) in [7, 11) is 0. The van der Waals surface area contributed by atoms with Gasteiger partial charge in [0.2, 0.25) is 5.91 Å². The van der Waals surface area contributed by atoms with Crippen LogP contribution in [0.25, 0.3) is 0 Å². The number of aromatic nitrogens is 1. The number of carbonyl (C=O) groups excluding carboxylic acids is 1. The smallest absolute Gasteiger partial charge is 0.217 e. The maximum Gasteiger partial charge on any atom is 0.217 e. The molecular weight excluding hydrogens is 160 g/mol. The predicted octanol–water partition coefficient (Wildman–Crippen LogP) is 0.951. The first-order chi connectivity index (χ1) is 5.29. The molecule has 0 fully saturated rings. The van der Waals surface area contributed by atoms with E-state index in [1.54, 1.807) is 16.8 Å². The van der Waals surface area contributed by atoms with Crippen LogP contribution in [0.4, 0.5) is 0 Å². The molecule has 1 heterocycles. The van der Waals surface area contributed by atoms with E-state index in [0.29, 0.717) is 6.42 Å². The molecule has 0 aromatic carbocycles. The second kappa shape index (κ2) is 4.08. The van der Waals surface area contributed by atoms with Crippen LogP contribution in [-0.4, -0.2) is 10.9 Å². The van der Waals surface area contributed by atoms with Crippen molar-refractivity contribution in [2.24, 2.45) is 5.73 Å². The van der Waals surface area contributed by atoms with Crippen molar-refractivity contribution < 1.29 is 4.79 Å². The highest BCUT2D eigenvalue weighted by molar-refractivity contribution is 7.07. The molecule has 0 saturated heterocycles. The van der Waals surface area contributed by atoms with Gasteiger partial charge in [-0.15, -0.1) is 11.3 Å². The summed E-state index contributed by atoms with van der Waals surface area (Å²) < 4.78 is 0. The lowest BCUT2D eigenvalue weighted by molar-refractivity contribution is -0.118. The van der Waals surface area contributed by atoms with Crippen LogP contribution in [0.2, 0.25) is 0 Å².